The molecule has 0 fully saturated rings. The lowest BCUT2D eigenvalue weighted by molar-refractivity contribution is 0.708. The van der Waals surface area contributed by atoms with Crippen LogP contribution in [0.3, 0.4) is 0 Å². The number of pyridine rings is 1. The highest BCUT2D eigenvalue weighted by Crippen LogP contribution is 2.20. The van der Waals surface area contributed by atoms with E-state index in [1.807, 2.05) is 0 Å². The first-order valence-corrected chi connectivity index (χ1v) is 6.03. The summed E-state index contributed by atoms with van der Waals surface area (Å²) in [5, 5.41) is 1.76. The van der Waals surface area contributed by atoms with E-state index in [1.165, 1.54) is 11.6 Å². The van der Waals surface area contributed by atoms with Gasteiger partial charge in [0.25, 0.3) is 5.56 Å². The molecule has 0 saturated carbocycles. The first-order valence-electron chi connectivity index (χ1n) is 5.65. The summed E-state index contributed by atoms with van der Waals surface area (Å²) in [6.45, 7) is 0. The molecule has 0 aliphatic heterocycles. The third kappa shape index (κ3) is 1.66. The van der Waals surface area contributed by atoms with Gasteiger partial charge >= 0.3 is 5.69 Å². The van der Waals surface area contributed by atoms with E-state index in [2.05, 4.69) is 4.98 Å². The van der Waals surface area contributed by atoms with Crippen molar-refractivity contribution in [1.29, 1.82) is 0 Å². The van der Waals surface area contributed by atoms with Crippen molar-refractivity contribution in [3.05, 3.63) is 50.1 Å². The van der Waals surface area contributed by atoms with E-state index >= 15 is 0 Å². The third-order valence-corrected chi connectivity index (χ3v) is 3.42. The molecule has 0 saturated heterocycles. The van der Waals surface area contributed by atoms with Gasteiger partial charge in [-0.3, -0.25) is 13.9 Å². The molecule has 3 rings (SSSR count). The maximum Gasteiger partial charge on any atom is 0.332 e. The Bertz CT molecular complexity index is 940. The first kappa shape index (κ1) is 11.9. The van der Waals surface area contributed by atoms with Crippen LogP contribution in [0.2, 0.25) is 5.02 Å². The molecule has 0 aliphatic carbocycles. The summed E-state index contributed by atoms with van der Waals surface area (Å²) < 4.78 is 2.44. The molecular formula is C13H10ClN3O2. The van der Waals surface area contributed by atoms with Crippen LogP contribution in [0.1, 0.15) is 0 Å². The highest BCUT2D eigenvalue weighted by molar-refractivity contribution is 6.31. The molecule has 19 heavy (non-hydrogen) atoms. The summed E-state index contributed by atoms with van der Waals surface area (Å²) in [6, 6.07) is 6.94. The van der Waals surface area contributed by atoms with Gasteiger partial charge in [0.1, 0.15) is 5.65 Å². The molecule has 1 aromatic carbocycles. The minimum absolute atomic E-state index is 0.354. The van der Waals surface area contributed by atoms with Crippen molar-refractivity contribution in [3.63, 3.8) is 0 Å². The van der Waals surface area contributed by atoms with Crippen LogP contribution in [0.25, 0.3) is 21.9 Å². The third-order valence-electron chi connectivity index (χ3n) is 3.18. The predicted octanol–water partition coefficient (Wildman–Crippen LogP) is 1.44. The Hall–Kier alpha value is -2.14. The van der Waals surface area contributed by atoms with Crippen LogP contribution in [-0.4, -0.2) is 14.1 Å². The van der Waals surface area contributed by atoms with E-state index in [4.69, 9.17) is 11.6 Å². The Kier molecular flexibility index (Phi) is 2.46. The summed E-state index contributed by atoms with van der Waals surface area (Å²) in [6.07, 6.45) is 0. The largest absolute Gasteiger partial charge is 0.332 e. The summed E-state index contributed by atoms with van der Waals surface area (Å²) in [7, 11) is 3.05. The topological polar surface area (TPSA) is 56.9 Å². The van der Waals surface area contributed by atoms with Crippen molar-refractivity contribution in [1.82, 2.24) is 14.1 Å². The van der Waals surface area contributed by atoms with E-state index in [0.717, 1.165) is 9.95 Å². The number of benzene rings is 1. The highest BCUT2D eigenvalue weighted by Gasteiger charge is 2.10. The molecule has 0 unspecified atom stereocenters. The van der Waals surface area contributed by atoms with Gasteiger partial charge in [-0.1, -0.05) is 11.6 Å². The van der Waals surface area contributed by atoms with Gasteiger partial charge in [-0.05, 0) is 24.3 Å². The molecule has 0 spiro atoms. The zero-order valence-corrected chi connectivity index (χ0v) is 11.1. The molecular weight excluding hydrogens is 266 g/mol. The van der Waals surface area contributed by atoms with Crippen molar-refractivity contribution in [3.8, 4) is 0 Å². The Morgan fingerprint density at radius 3 is 2.58 bits per heavy atom. The number of hydrogen-bond acceptors (Lipinski definition) is 3. The van der Waals surface area contributed by atoms with Crippen molar-refractivity contribution < 1.29 is 0 Å². The monoisotopic (exact) mass is 275 g/mol. The number of fused-ring (bicyclic) bond motifs is 2. The molecule has 0 radical (unpaired) electrons. The quantitative estimate of drug-likeness (QED) is 0.583. The summed E-state index contributed by atoms with van der Waals surface area (Å²) in [5.41, 5.74) is 0.328. The fourth-order valence-electron chi connectivity index (χ4n) is 2.13. The molecule has 0 N–H and O–H groups in total. The molecule has 96 valence electrons. The van der Waals surface area contributed by atoms with Crippen molar-refractivity contribution >= 4 is 33.5 Å². The van der Waals surface area contributed by atoms with Crippen LogP contribution in [-0.2, 0) is 14.1 Å². The van der Waals surface area contributed by atoms with Gasteiger partial charge in [0, 0.05) is 24.5 Å². The maximum atomic E-state index is 12.1. The van der Waals surface area contributed by atoms with E-state index in [-0.39, 0.29) is 5.56 Å². The minimum Gasteiger partial charge on any atom is -0.280 e. The Morgan fingerprint density at radius 1 is 1.11 bits per heavy atom. The summed E-state index contributed by atoms with van der Waals surface area (Å²) in [5.74, 6) is 0. The van der Waals surface area contributed by atoms with Crippen LogP contribution in [0.5, 0.6) is 0 Å². The van der Waals surface area contributed by atoms with Crippen LogP contribution in [0, 0.1) is 0 Å². The van der Waals surface area contributed by atoms with Crippen molar-refractivity contribution in [2.75, 3.05) is 0 Å². The second-order valence-electron chi connectivity index (χ2n) is 4.40. The van der Waals surface area contributed by atoms with Crippen molar-refractivity contribution in [2.45, 2.75) is 0 Å². The maximum absolute atomic E-state index is 12.1. The van der Waals surface area contributed by atoms with Crippen LogP contribution in [0.4, 0.5) is 0 Å². The number of nitrogens with zero attached hydrogens (tertiary/aromatic N) is 3. The van der Waals surface area contributed by atoms with Crippen LogP contribution >= 0.6 is 11.6 Å². The molecule has 0 atom stereocenters. The van der Waals surface area contributed by atoms with Gasteiger partial charge in [-0.15, -0.1) is 0 Å². The fourth-order valence-corrected chi connectivity index (χ4v) is 2.31. The number of aryl methyl sites for hydroxylation is 1. The zero-order valence-electron chi connectivity index (χ0n) is 10.3. The van der Waals surface area contributed by atoms with E-state index in [1.54, 1.807) is 31.3 Å². The molecule has 0 aliphatic rings. The van der Waals surface area contributed by atoms with E-state index in [0.29, 0.717) is 21.6 Å². The van der Waals surface area contributed by atoms with Gasteiger partial charge in [0.15, 0.2) is 0 Å². The lowest BCUT2D eigenvalue weighted by Gasteiger charge is -2.07. The lowest BCUT2D eigenvalue weighted by Crippen LogP contribution is -2.37. The normalized spacial score (nSPS) is 11.3. The number of halogens is 1. The van der Waals surface area contributed by atoms with Gasteiger partial charge in [0.2, 0.25) is 0 Å². The standard InChI is InChI=1S/C13H10ClN3O2/c1-16-11-9(12(18)17(2)13(16)19)6-7-5-8(14)3-4-10(7)15-11/h3-6H,1-2H3. The second-order valence-corrected chi connectivity index (χ2v) is 4.84. The lowest BCUT2D eigenvalue weighted by atomic mass is 10.2. The van der Waals surface area contributed by atoms with Gasteiger partial charge in [-0.25, -0.2) is 9.78 Å². The average Bonchev–Trinajstić information content (AvgIpc) is 2.41. The number of aromatic nitrogens is 3. The van der Waals surface area contributed by atoms with Gasteiger partial charge < -0.3 is 0 Å². The molecule has 5 nitrogen and oxygen atoms in total. The second kappa shape index (κ2) is 3.93. The molecule has 0 amide bonds. The minimum atomic E-state index is -0.390. The molecule has 3 aromatic rings. The summed E-state index contributed by atoms with van der Waals surface area (Å²) >= 11 is 5.93. The average molecular weight is 276 g/mol. The SMILES string of the molecule is Cn1c(=O)c2cc3cc(Cl)ccc3nc2n(C)c1=O. The molecule has 6 heteroatoms. The first-order chi connectivity index (χ1) is 8.99. The Labute approximate surface area is 112 Å². The van der Waals surface area contributed by atoms with Crippen LogP contribution in [0.15, 0.2) is 33.9 Å². The Balaban J connectivity index is 2.63. The summed E-state index contributed by atoms with van der Waals surface area (Å²) in [4.78, 5) is 28.3. The van der Waals surface area contributed by atoms with Gasteiger partial charge in [-0.2, -0.15) is 0 Å². The molecule has 2 aromatic heterocycles. The fraction of sp³-hybridized carbons (Fsp3) is 0.154. The highest BCUT2D eigenvalue weighted by atomic mass is 35.5. The number of rotatable bonds is 0. The molecule has 0 bridgehead atoms. The number of hydrogen-bond donors (Lipinski definition) is 0. The molecule has 2 heterocycles. The Morgan fingerprint density at radius 2 is 1.84 bits per heavy atom. The van der Waals surface area contributed by atoms with Crippen LogP contribution < -0.4 is 11.2 Å². The van der Waals surface area contributed by atoms with Crippen molar-refractivity contribution in [2.24, 2.45) is 14.1 Å². The van der Waals surface area contributed by atoms with E-state index in [9.17, 15) is 9.59 Å². The van der Waals surface area contributed by atoms with E-state index < -0.39 is 5.69 Å². The zero-order chi connectivity index (χ0) is 13.7. The predicted molar refractivity (Wildman–Crippen MR) is 74.7 cm³/mol. The smallest absolute Gasteiger partial charge is 0.280 e. The van der Waals surface area contributed by atoms with Gasteiger partial charge in [0.05, 0.1) is 10.9 Å².